The van der Waals surface area contributed by atoms with E-state index >= 15 is 0 Å². The van der Waals surface area contributed by atoms with E-state index in [4.69, 9.17) is 4.74 Å². The summed E-state index contributed by atoms with van der Waals surface area (Å²) in [4.78, 5) is 21.1. The lowest BCUT2D eigenvalue weighted by molar-refractivity contribution is 0.0260. The van der Waals surface area contributed by atoms with Crippen LogP contribution in [-0.2, 0) is 4.74 Å². The lowest BCUT2D eigenvalue weighted by Crippen LogP contribution is -2.24. The minimum atomic E-state index is -0.838. The van der Waals surface area contributed by atoms with Crippen LogP contribution in [0.1, 0.15) is 49.1 Å². The van der Waals surface area contributed by atoms with Gasteiger partial charge in [-0.25, -0.2) is 14.4 Å². The Morgan fingerprint density at radius 2 is 2.06 bits per heavy atom. The number of H-pyrrole nitrogens is 1. The number of thiazole rings is 1. The van der Waals surface area contributed by atoms with Crippen molar-refractivity contribution in [3.8, 4) is 22.0 Å². The van der Waals surface area contributed by atoms with Crippen molar-refractivity contribution >= 4 is 22.9 Å². The largest absolute Gasteiger partial charge is 0.379 e. The molecule has 0 atom stereocenters. The highest BCUT2D eigenvalue weighted by Crippen LogP contribution is 2.34. The summed E-state index contributed by atoms with van der Waals surface area (Å²) in [5.74, 6) is -2.06. The van der Waals surface area contributed by atoms with Crippen LogP contribution >= 0.6 is 11.3 Å². The number of hydrogen-bond donors (Lipinski definition) is 2. The summed E-state index contributed by atoms with van der Waals surface area (Å²) in [6.45, 7) is 2.64. The van der Waals surface area contributed by atoms with Crippen molar-refractivity contribution in [1.29, 1.82) is 0 Å². The average Bonchev–Trinajstić information content (AvgIpc) is 3.62. The molecule has 1 aliphatic rings. The number of hydrogen-bond acceptors (Lipinski definition) is 7. The third kappa shape index (κ3) is 4.98. The van der Waals surface area contributed by atoms with Gasteiger partial charge in [-0.05, 0) is 44.7 Å². The number of anilines is 1. The molecule has 2 N–H and O–H groups in total. The highest BCUT2D eigenvalue weighted by Gasteiger charge is 2.27. The van der Waals surface area contributed by atoms with E-state index in [-0.39, 0.29) is 34.9 Å². The lowest BCUT2D eigenvalue weighted by Gasteiger charge is -2.28. The maximum atomic E-state index is 14.6. The van der Waals surface area contributed by atoms with Gasteiger partial charge in [0.05, 0.1) is 24.0 Å². The third-order valence-electron chi connectivity index (χ3n) is 5.92. The highest BCUT2D eigenvalue weighted by atomic mass is 32.1. The number of amides is 1. The number of pyridine rings is 1. The number of carbonyl (C=O) groups is 1. The average molecular weight is 500 g/mol. The van der Waals surface area contributed by atoms with Gasteiger partial charge in [0.15, 0.2) is 5.82 Å². The fourth-order valence-corrected chi connectivity index (χ4v) is 4.99. The molecular formula is C23H23F2N7O2S. The van der Waals surface area contributed by atoms with Crippen molar-refractivity contribution in [2.24, 2.45) is 0 Å². The normalized spacial score (nSPS) is 18.0. The predicted molar refractivity (Wildman–Crippen MR) is 126 cm³/mol. The Kier molecular flexibility index (Phi) is 6.64. The molecule has 182 valence electrons. The third-order valence-corrected chi connectivity index (χ3v) is 6.81. The molecule has 1 amide bonds. The minimum Gasteiger partial charge on any atom is -0.379 e. The van der Waals surface area contributed by atoms with Crippen LogP contribution in [0.15, 0.2) is 36.1 Å². The molecule has 1 saturated carbocycles. The first kappa shape index (κ1) is 23.2. The van der Waals surface area contributed by atoms with E-state index in [0.29, 0.717) is 11.6 Å². The van der Waals surface area contributed by atoms with Crippen molar-refractivity contribution in [3.63, 3.8) is 0 Å². The molecule has 0 unspecified atom stereocenters. The number of aromatic amines is 1. The second-order valence-electron chi connectivity index (χ2n) is 8.20. The lowest BCUT2D eigenvalue weighted by atomic mass is 9.93. The van der Waals surface area contributed by atoms with Crippen LogP contribution in [0.4, 0.5) is 14.5 Å². The number of nitrogens with zero attached hydrogens (tertiary/aromatic N) is 5. The predicted octanol–water partition coefficient (Wildman–Crippen LogP) is 4.84. The summed E-state index contributed by atoms with van der Waals surface area (Å²) in [6.07, 6.45) is 8.53. The fourth-order valence-electron chi connectivity index (χ4n) is 4.21. The molecule has 4 aromatic rings. The molecule has 0 radical (unpaired) electrons. The van der Waals surface area contributed by atoms with Gasteiger partial charge in [-0.3, -0.25) is 14.6 Å². The Morgan fingerprint density at radius 3 is 2.80 bits per heavy atom. The number of aromatic nitrogens is 6. The molecule has 0 bridgehead atoms. The quantitative estimate of drug-likeness (QED) is 0.352. The maximum Gasteiger partial charge on any atom is 0.275 e. The van der Waals surface area contributed by atoms with E-state index < -0.39 is 17.7 Å². The van der Waals surface area contributed by atoms with Crippen LogP contribution in [0.5, 0.6) is 0 Å². The Hall–Kier alpha value is -3.51. The number of ether oxygens (including phenoxy) is 1. The molecule has 0 aromatic carbocycles. The molecule has 0 aliphatic heterocycles. The molecule has 0 spiro atoms. The summed E-state index contributed by atoms with van der Waals surface area (Å²) < 4.78 is 35.9. The van der Waals surface area contributed by atoms with Crippen LogP contribution < -0.4 is 5.32 Å². The number of halogens is 2. The molecule has 5 rings (SSSR count). The molecule has 35 heavy (non-hydrogen) atoms. The van der Waals surface area contributed by atoms with Gasteiger partial charge in [-0.1, -0.05) is 0 Å². The first-order valence-electron chi connectivity index (χ1n) is 11.3. The highest BCUT2D eigenvalue weighted by molar-refractivity contribution is 7.13. The zero-order valence-electron chi connectivity index (χ0n) is 18.9. The molecule has 4 heterocycles. The fraction of sp³-hybridized carbons (Fsp3) is 0.348. The smallest absolute Gasteiger partial charge is 0.275 e. The first-order valence-corrected chi connectivity index (χ1v) is 12.2. The number of rotatable bonds is 7. The monoisotopic (exact) mass is 499 g/mol. The molecule has 1 aliphatic carbocycles. The van der Waals surface area contributed by atoms with Gasteiger partial charge in [0.25, 0.3) is 5.91 Å². The number of carbonyl (C=O) groups excluding carboxylic acids is 1. The summed E-state index contributed by atoms with van der Waals surface area (Å²) in [7, 11) is 0. The van der Waals surface area contributed by atoms with Gasteiger partial charge >= 0.3 is 0 Å². The molecular weight excluding hydrogens is 476 g/mol. The molecule has 4 aromatic heterocycles. The maximum absolute atomic E-state index is 14.6. The van der Waals surface area contributed by atoms with Crippen LogP contribution in [0.2, 0.25) is 0 Å². The van der Waals surface area contributed by atoms with Gasteiger partial charge in [0.2, 0.25) is 5.95 Å². The Morgan fingerprint density at radius 1 is 1.23 bits per heavy atom. The van der Waals surface area contributed by atoms with Crippen molar-refractivity contribution in [3.05, 3.63) is 53.6 Å². The SMILES string of the molecule is CCO[C@H]1CC[C@H](n2cc(NC(=O)c3csc(-c4cn[nH]c4)n3)c(-c3nc(F)ccc3F)n2)CC1. The second-order valence-corrected chi connectivity index (χ2v) is 9.06. The molecule has 12 heteroatoms. The Bertz CT molecular complexity index is 1310. The molecule has 1 fully saturated rings. The van der Waals surface area contributed by atoms with Crippen LogP contribution in [0.25, 0.3) is 22.0 Å². The zero-order valence-corrected chi connectivity index (χ0v) is 19.7. The van der Waals surface area contributed by atoms with E-state index in [1.807, 2.05) is 6.92 Å². The van der Waals surface area contributed by atoms with Gasteiger partial charge in [-0.15, -0.1) is 11.3 Å². The number of nitrogens with one attached hydrogen (secondary N) is 2. The summed E-state index contributed by atoms with van der Waals surface area (Å²) in [6, 6.07) is 1.97. The van der Waals surface area contributed by atoms with Crippen LogP contribution in [0.3, 0.4) is 0 Å². The van der Waals surface area contributed by atoms with Gasteiger partial charge in [-0.2, -0.15) is 14.6 Å². The van der Waals surface area contributed by atoms with Crippen molar-refractivity contribution in [2.45, 2.75) is 44.8 Å². The van der Waals surface area contributed by atoms with Crippen LogP contribution in [-0.4, -0.2) is 48.6 Å². The Balaban J connectivity index is 1.43. The Labute approximate surface area is 203 Å². The second kappa shape index (κ2) is 10.0. The van der Waals surface area contributed by atoms with Gasteiger partial charge < -0.3 is 10.1 Å². The van der Waals surface area contributed by atoms with E-state index in [0.717, 1.165) is 43.4 Å². The summed E-state index contributed by atoms with van der Waals surface area (Å²) in [5.41, 5.74) is 0.981. The van der Waals surface area contributed by atoms with E-state index in [9.17, 15) is 13.6 Å². The first-order chi connectivity index (χ1) is 17.0. The van der Waals surface area contributed by atoms with Crippen molar-refractivity contribution in [2.75, 3.05) is 11.9 Å². The topological polar surface area (TPSA) is 111 Å². The molecule has 0 saturated heterocycles. The molecule has 9 nitrogen and oxygen atoms in total. The van der Waals surface area contributed by atoms with E-state index in [2.05, 4.69) is 30.6 Å². The summed E-state index contributed by atoms with van der Waals surface area (Å²) in [5, 5.41) is 16.1. The van der Waals surface area contributed by atoms with E-state index in [1.54, 1.807) is 28.7 Å². The van der Waals surface area contributed by atoms with Crippen molar-refractivity contribution in [1.82, 2.24) is 29.9 Å². The zero-order chi connectivity index (χ0) is 24.4. The minimum absolute atomic E-state index is 0.0414. The van der Waals surface area contributed by atoms with Gasteiger partial charge in [0.1, 0.15) is 22.1 Å². The van der Waals surface area contributed by atoms with Crippen molar-refractivity contribution < 1.29 is 18.3 Å². The standard InChI is InChI=1S/C23H23F2N7O2S/c1-2-34-15-5-3-14(4-6-15)32-11-17(21(31-32)20-16(24)7-8-19(25)30-20)28-22(33)18-12-35-23(29-18)13-9-26-27-10-13/h7-12,14-15H,2-6H2,1H3,(H,26,27)(H,28,33)/t14-,15-. The van der Waals surface area contributed by atoms with Gasteiger partial charge in [0, 0.05) is 29.9 Å². The summed E-state index contributed by atoms with van der Waals surface area (Å²) >= 11 is 1.30. The van der Waals surface area contributed by atoms with Crippen LogP contribution in [0, 0.1) is 11.8 Å². The van der Waals surface area contributed by atoms with E-state index in [1.165, 1.54) is 11.3 Å².